The molecule has 1 aromatic carbocycles. The highest BCUT2D eigenvalue weighted by Crippen LogP contribution is 2.29. The van der Waals surface area contributed by atoms with Gasteiger partial charge in [0.05, 0.1) is 20.6 Å². The van der Waals surface area contributed by atoms with Crippen molar-refractivity contribution in [2.45, 2.75) is 45.4 Å². The first-order chi connectivity index (χ1) is 15.6. The average molecular weight is 439 g/mol. The van der Waals surface area contributed by atoms with E-state index in [0.29, 0.717) is 23.8 Å². The minimum absolute atomic E-state index is 0.171. The summed E-state index contributed by atoms with van der Waals surface area (Å²) in [5, 5.41) is 0. The van der Waals surface area contributed by atoms with Gasteiger partial charge in [0.1, 0.15) is 11.6 Å². The van der Waals surface area contributed by atoms with Gasteiger partial charge in [0.2, 0.25) is 5.91 Å². The summed E-state index contributed by atoms with van der Waals surface area (Å²) in [4.78, 5) is 26.6. The Morgan fingerprint density at radius 2 is 1.72 bits per heavy atom. The van der Waals surface area contributed by atoms with Crippen LogP contribution in [0.15, 0.2) is 24.3 Å². The van der Waals surface area contributed by atoms with Gasteiger partial charge in [-0.2, -0.15) is 0 Å². The third-order valence-electron chi connectivity index (χ3n) is 6.58. The maximum atomic E-state index is 12.9. The van der Waals surface area contributed by atoms with Crippen LogP contribution in [0.2, 0.25) is 0 Å². The lowest BCUT2D eigenvalue weighted by Crippen LogP contribution is -2.39. The number of hydrogen-bond donors (Lipinski definition) is 0. The fourth-order valence-corrected chi connectivity index (χ4v) is 4.78. The second kappa shape index (κ2) is 10.2. The summed E-state index contributed by atoms with van der Waals surface area (Å²) in [6, 6.07) is 7.85. The Balaban J connectivity index is 1.31. The van der Waals surface area contributed by atoms with E-state index in [0.717, 1.165) is 68.3 Å². The molecule has 0 atom stereocenters. The third-order valence-corrected chi connectivity index (χ3v) is 6.58. The molecule has 7 nitrogen and oxygen atoms in total. The number of benzene rings is 1. The molecular weight excluding hydrogens is 404 g/mol. The number of carbonyl (C=O) groups is 1. The molecule has 2 aliphatic heterocycles. The van der Waals surface area contributed by atoms with Gasteiger partial charge in [0, 0.05) is 37.9 Å². The molecule has 7 heteroatoms. The fourth-order valence-electron chi connectivity index (χ4n) is 4.78. The van der Waals surface area contributed by atoms with Crippen LogP contribution in [-0.2, 0) is 17.6 Å². The molecule has 2 saturated heterocycles. The van der Waals surface area contributed by atoms with Crippen molar-refractivity contribution in [2.75, 3.05) is 45.3 Å². The van der Waals surface area contributed by atoms with Crippen molar-refractivity contribution in [1.82, 2.24) is 14.9 Å². The van der Waals surface area contributed by atoms with Crippen LogP contribution in [0.5, 0.6) is 11.5 Å². The Labute approximate surface area is 190 Å². The van der Waals surface area contributed by atoms with Gasteiger partial charge in [0.25, 0.3) is 0 Å². The van der Waals surface area contributed by atoms with E-state index in [2.05, 4.69) is 16.0 Å². The van der Waals surface area contributed by atoms with Crippen LogP contribution in [0.25, 0.3) is 0 Å². The van der Waals surface area contributed by atoms with E-state index >= 15 is 0 Å². The summed E-state index contributed by atoms with van der Waals surface area (Å²) in [5.74, 6) is 3.99. The molecule has 2 aliphatic rings. The summed E-state index contributed by atoms with van der Waals surface area (Å²) in [5.41, 5.74) is 2.08. The molecule has 32 heavy (non-hydrogen) atoms. The largest absolute Gasteiger partial charge is 0.493 e. The van der Waals surface area contributed by atoms with Gasteiger partial charge in [-0.3, -0.25) is 4.79 Å². The zero-order valence-electron chi connectivity index (χ0n) is 19.5. The first kappa shape index (κ1) is 22.4. The first-order valence-electron chi connectivity index (χ1n) is 11.6. The summed E-state index contributed by atoms with van der Waals surface area (Å²) < 4.78 is 10.6. The summed E-state index contributed by atoms with van der Waals surface area (Å²) >= 11 is 0. The number of anilines is 1. The van der Waals surface area contributed by atoms with Crippen molar-refractivity contribution in [3.8, 4) is 11.5 Å². The molecule has 0 aliphatic carbocycles. The third kappa shape index (κ3) is 5.31. The van der Waals surface area contributed by atoms with Gasteiger partial charge in [-0.1, -0.05) is 6.07 Å². The molecule has 0 bridgehead atoms. The Morgan fingerprint density at radius 1 is 1.00 bits per heavy atom. The number of rotatable bonds is 7. The highest BCUT2D eigenvalue weighted by atomic mass is 16.5. The van der Waals surface area contributed by atoms with Crippen LogP contribution < -0.4 is 14.4 Å². The Morgan fingerprint density at radius 3 is 2.41 bits per heavy atom. The molecule has 0 saturated carbocycles. The van der Waals surface area contributed by atoms with Crippen LogP contribution in [-0.4, -0.2) is 61.2 Å². The molecule has 0 unspecified atom stereocenters. The lowest BCUT2D eigenvalue weighted by atomic mass is 9.91. The number of piperidine rings is 1. The average Bonchev–Trinajstić information content (AvgIpc) is 3.34. The van der Waals surface area contributed by atoms with E-state index in [4.69, 9.17) is 14.5 Å². The van der Waals surface area contributed by atoms with Crippen LogP contribution in [0.4, 0.5) is 5.82 Å². The molecular formula is C25H34N4O3. The highest BCUT2D eigenvalue weighted by Gasteiger charge is 2.24. The van der Waals surface area contributed by atoms with Crippen LogP contribution >= 0.6 is 0 Å². The van der Waals surface area contributed by atoms with Crippen molar-refractivity contribution >= 4 is 11.7 Å². The topological polar surface area (TPSA) is 67.8 Å². The minimum Gasteiger partial charge on any atom is -0.493 e. The van der Waals surface area contributed by atoms with Gasteiger partial charge in [0.15, 0.2) is 11.5 Å². The van der Waals surface area contributed by atoms with E-state index in [9.17, 15) is 4.79 Å². The highest BCUT2D eigenvalue weighted by molar-refractivity contribution is 5.79. The number of hydrogen-bond acceptors (Lipinski definition) is 6. The Bertz CT molecular complexity index is 935. The Hall–Kier alpha value is -2.83. The molecule has 4 rings (SSSR count). The standard InChI is InChI=1S/C25H34N4O3/c1-18-26-21(17-24(27-18)28-10-4-5-11-28)14-19-8-12-29(13-9-19)25(30)16-20-6-7-22(31-2)23(15-20)32-3/h6-7,15,17,19H,4-5,8-14,16H2,1-3H3. The van der Waals surface area contributed by atoms with Crippen LogP contribution in [0.1, 0.15) is 42.8 Å². The van der Waals surface area contributed by atoms with Crippen molar-refractivity contribution < 1.29 is 14.3 Å². The van der Waals surface area contributed by atoms with Gasteiger partial charge in [-0.15, -0.1) is 0 Å². The quantitative estimate of drug-likeness (QED) is 0.660. The van der Waals surface area contributed by atoms with Gasteiger partial charge < -0.3 is 19.3 Å². The number of methoxy groups -OCH3 is 2. The van der Waals surface area contributed by atoms with Crippen molar-refractivity contribution in [1.29, 1.82) is 0 Å². The van der Waals surface area contributed by atoms with Crippen molar-refractivity contribution in [3.05, 3.63) is 41.3 Å². The number of aryl methyl sites for hydroxylation is 1. The lowest BCUT2D eigenvalue weighted by Gasteiger charge is -2.32. The second-order valence-electron chi connectivity index (χ2n) is 8.85. The normalized spacial score (nSPS) is 17.0. The molecule has 172 valence electrons. The lowest BCUT2D eigenvalue weighted by molar-refractivity contribution is -0.131. The SMILES string of the molecule is COc1ccc(CC(=O)N2CCC(Cc3cc(N4CCCC4)nc(C)n3)CC2)cc1OC. The second-order valence-corrected chi connectivity index (χ2v) is 8.85. The van der Waals surface area contributed by atoms with E-state index in [1.54, 1.807) is 14.2 Å². The minimum atomic E-state index is 0.171. The summed E-state index contributed by atoms with van der Waals surface area (Å²) in [7, 11) is 3.23. The fraction of sp³-hybridized carbons (Fsp3) is 0.560. The zero-order valence-corrected chi connectivity index (χ0v) is 19.5. The number of likely N-dealkylation sites (tertiary alicyclic amines) is 1. The number of amides is 1. The maximum absolute atomic E-state index is 12.9. The van der Waals surface area contributed by atoms with E-state index in [1.165, 1.54) is 12.8 Å². The number of ether oxygens (including phenoxy) is 2. The smallest absolute Gasteiger partial charge is 0.226 e. The zero-order chi connectivity index (χ0) is 22.5. The van der Waals surface area contributed by atoms with E-state index in [-0.39, 0.29) is 5.91 Å². The number of carbonyl (C=O) groups excluding carboxylic acids is 1. The van der Waals surface area contributed by atoms with Crippen molar-refractivity contribution in [2.24, 2.45) is 5.92 Å². The molecule has 0 radical (unpaired) electrons. The number of aromatic nitrogens is 2. The summed E-state index contributed by atoms with van der Waals surface area (Å²) in [6.45, 7) is 5.78. The predicted octanol–water partition coefficient (Wildman–Crippen LogP) is 3.43. The molecule has 3 heterocycles. The number of nitrogens with zero attached hydrogens (tertiary/aromatic N) is 4. The molecule has 0 spiro atoms. The van der Waals surface area contributed by atoms with Gasteiger partial charge in [-0.05, 0) is 62.6 Å². The van der Waals surface area contributed by atoms with E-state index < -0.39 is 0 Å². The van der Waals surface area contributed by atoms with Crippen LogP contribution in [0.3, 0.4) is 0 Å². The van der Waals surface area contributed by atoms with Crippen LogP contribution in [0, 0.1) is 12.8 Å². The predicted molar refractivity (Wildman–Crippen MR) is 124 cm³/mol. The molecule has 1 amide bonds. The monoisotopic (exact) mass is 438 g/mol. The Kier molecular flexibility index (Phi) is 7.12. The maximum Gasteiger partial charge on any atom is 0.226 e. The molecule has 1 aromatic heterocycles. The molecule has 2 fully saturated rings. The van der Waals surface area contributed by atoms with Gasteiger partial charge >= 0.3 is 0 Å². The molecule has 2 aromatic rings. The molecule has 0 N–H and O–H groups in total. The van der Waals surface area contributed by atoms with E-state index in [1.807, 2.05) is 30.0 Å². The summed E-state index contributed by atoms with van der Waals surface area (Å²) in [6.07, 6.45) is 5.86. The first-order valence-corrected chi connectivity index (χ1v) is 11.6. The van der Waals surface area contributed by atoms with Crippen molar-refractivity contribution in [3.63, 3.8) is 0 Å². The van der Waals surface area contributed by atoms with Gasteiger partial charge in [-0.25, -0.2) is 9.97 Å².